The Kier molecular flexibility index (Phi) is 4.75. The fourth-order valence-corrected chi connectivity index (χ4v) is 2.58. The van der Waals surface area contributed by atoms with Gasteiger partial charge in [-0.05, 0) is 24.1 Å². The zero-order chi connectivity index (χ0) is 16.9. The minimum absolute atomic E-state index is 0.0457. The van der Waals surface area contributed by atoms with Crippen molar-refractivity contribution in [3.8, 4) is 33.9 Å². The molecule has 0 saturated carbocycles. The van der Waals surface area contributed by atoms with E-state index in [1.165, 1.54) is 0 Å². The third kappa shape index (κ3) is 3.23. The van der Waals surface area contributed by atoms with Crippen LogP contribution in [0.25, 0.3) is 22.5 Å². The lowest BCUT2D eigenvalue weighted by Crippen LogP contribution is -1.96. The molecule has 0 unspecified atom stereocenters. The van der Waals surface area contributed by atoms with Crippen molar-refractivity contribution in [2.45, 2.75) is 19.8 Å². The minimum atomic E-state index is 0.0457. The molecular formula is C20H21NO3. The van der Waals surface area contributed by atoms with Gasteiger partial charge in [0.2, 0.25) is 5.88 Å². The van der Waals surface area contributed by atoms with Crippen LogP contribution in [0.5, 0.6) is 11.5 Å². The normalized spacial score (nSPS) is 10.7. The summed E-state index contributed by atoms with van der Waals surface area (Å²) in [6.45, 7) is 2.79. The van der Waals surface area contributed by atoms with E-state index in [2.05, 4.69) is 6.92 Å². The van der Waals surface area contributed by atoms with Crippen LogP contribution in [0.15, 0.2) is 59.0 Å². The van der Waals surface area contributed by atoms with E-state index in [1.54, 1.807) is 0 Å². The van der Waals surface area contributed by atoms with Crippen LogP contribution >= 0.6 is 0 Å². The van der Waals surface area contributed by atoms with Crippen LogP contribution in [0.1, 0.15) is 19.8 Å². The lowest BCUT2D eigenvalue weighted by Gasteiger charge is -2.07. The summed E-state index contributed by atoms with van der Waals surface area (Å²) >= 11 is 0. The lowest BCUT2D eigenvalue weighted by atomic mass is 10.0. The number of ether oxygens (including phenoxy) is 1. The molecule has 0 bridgehead atoms. The maximum Gasteiger partial charge on any atom is 0.202 e. The van der Waals surface area contributed by atoms with E-state index < -0.39 is 0 Å². The number of hydrogen-bond donors (Lipinski definition) is 2. The van der Waals surface area contributed by atoms with Crippen LogP contribution in [0.3, 0.4) is 0 Å². The van der Waals surface area contributed by atoms with Crippen LogP contribution in [-0.4, -0.2) is 11.7 Å². The second-order valence-electron chi connectivity index (χ2n) is 5.61. The average Bonchev–Trinajstić information content (AvgIpc) is 2.91. The summed E-state index contributed by atoms with van der Waals surface area (Å²) in [7, 11) is 0. The van der Waals surface area contributed by atoms with Crippen LogP contribution in [0.2, 0.25) is 0 Å². The average molecular weight is 323 g/mol. The molecule has 0 spiro atoms. The van der Waals surface area contributed by atoms with Crippen molar-refractivity contribution in [2.75, 3.05) is 12.3 Å². The maximum atomic E-state index is 10.6. The summed E-state index contributed by atoms with van der Waals surface area (Å²) in [5, 5.41) is 10.6. The molecule has 0 aliphatic heterocycles. The Labute approximate surface area is 141 Å². The molecule has 3 aromatic rings. The molecule has 3 rings (SSSR count). The molecular weight excluding hydrogens is 302 g/mol. The fourth-order valence-electron chi connectivity index (χ4n) is 2.58. The van der Waals surface area contributed by atoms with E-state index in [-0.39, 0.29) is 11.6 Å². The molecule has 0 atom stereocenters. The molecule has 0 aliphatic rings. The topological polar surface area (TPSA) is 68.6 Å². The number of aromatic hydroxyl groups is 1. The van der Waals surface area contributed by atoms with Crippen molar-refractivity contribution in [1.82, 2.24) is 0 Å². The molecule has 4 heteroatoms. The minimum Gasteiger partial charge on any atom is -0.504 e. The fraction of sp³-hybridized carbons (Fsp3) is 0.200. The Hall–Kier alpha value is -2.88. The molecule has 0 fully saturated rings. The van der Waals surface area contributed by atoms with Crippen molar-refractivity contribution < 1.29 is 14.3 Å². The van der Waals surface area contributed by atoms with Gasteiger partial charge in [0.25, 0.3) is 0 Å². The van der Waals surface area contributed by atoms with Gasteiger partial charge in [0, 0.05) is 5.56 Å². The van der Waals surface area contributed by atoms with Gasteiger partial charge in [0.1, 0.15) is 5.75 Å². The highest BCUT2D eigenvalue weighted by Crippen LogP contribution is 2.45. The smallest absolute Gasteiger partial charge is 0.202 e. The number of furan rings is 1. The highest BCUT2D eigenvalue weighted by atomic mass is 16.5. The third-order valence-electron chi connectivity index (χ3n) is 3.84. The zero-order valence-corrected chi connectivity index (χ0v) is 13.7. The first kappa shape index (κ1) is 16.0. The zero-order valence-electron chi connectivity index (χ0n) is 13.7. The van der Waals surface area contributed by atoms with Gasteiger partial charge < -0.3 is 20.0 Å². The highest BCUT2D eigenvalue weighted by Gasteiger charge is 2.21. The van der Waals surface area contributed by atoms with Crippen LogP contribution < -0.4 is 10.5 Å². The van der Waals surface area contributed by atoms with Crippen molar-refractivity contribution in [3.63, 3.8) is 0 Å². The van der Waals surface area contributed by atoms with Gasteiger partial charge in [0.15, 0.2) is 11.5 Å². The molecule has 3 N–H and O–H groups in total. The van der Waals surface area contributed by atoms with Gasteiger partial charge in [-0.2, -0.15) is 0 Å². The summed E-state index contributed by atoms with van der Waals surface area (Å²) in [6.07, 6.45) is 2.08. The quantitative estimate of drug-likeness (QED) is 0.621. The number of rotatable bonds is 6. The maximum absolute atomic E-state index is 10.6. The van der Waals surface area contributed by atoms with Crippen LogP contribution in [0, 0.1) is 0 Å². The van der Waals surface area contributed by atoms with E-state index in [1.807, 2.05) is 54.6 Å². The predicted molar refractivity (Wildman–Crippen MR) is 96.1 cm³/mol. The van der Waals surface area contributed by atoms with Crippen molar-refractivity contribution in [1.29, 1.82) is 0 Å². The summed E-state index contributed by atoms with van der Waals surface area (Å²) in [5.74, 6) is 1.36. The van der Waals surface area contributed by atoms with E-state index in [0.717, 1.165) is 29.7 Å². The largest absolute Gasteiger partial charge is 0.504 e. The first-order valence-corrected chi connectivity index (χ1v) is 8.10. The first-order chi connectivity index (χ1) is 11.7. The van der Waals surface area contributed by atoms with Gasteiger partial charge in [-0.3, -0.25) is 0 Å². The molecule has 0 saturated heterocycles. The van der Waals surface area contributed by atoms with Gasteiger partial charge in [-0.15, -0.1) is 0 Å². The first-order valence-electron chi connectivity index (χ1n) is 8.10. The summed E-state index contributed by atoms with van der Waals surface area (Å²) in [6, 6.07) is 16.9. The highest BCUT2D eigenvalue weighted by molar-refractivity contribution is 5.86. The number of nitrogen functional groups attached to an aromatic ring is 1. The summed E-state index contributed by atoms with van der Waals surface area (Å²) < 4.78 is 11.3. The Balaban J connectivity index is 1.95. The van der Waals surface area contributed by atoms with E-state index >= 15 is 0 Å². The van der Waals surface area contributed by atoms with Crippen molar-refractivity contribution >= 4 is 5.88 Å². The number of hydrogen-bond acceptors (Lipinski definition) is 4. The number of nitrogens with two attached hydrogens (primary N) is 1. The molecule has 0 aliphatic carbocycles. The Morgan fingerprint density at radius 3 is 2.54 bits per heavy atom. The Morgan fingerprint density at radius 2 is 1.79 bits per heavy atom. The second kappa shape index (κ2) is 7.13. The Bertz CT molecular complexity index is 809. The molecule has 0 amide bonds. The van der Waals surface area contributed by atoms with E-state index in [0.29, 0.717) is 17.9 Å². The van der Waals surface area contributed by atoms with Crippen LogP contribution in [-0.2, 0) is 0 Å². The third-order valence-corrected chi connectivity index (χ3v) is 3.84. The van der Waals surface area contributed by atoms with Gasteiger partial charge in [-0.25, -0.2) is 0 Å². The predicted octanol–water partition coefficient (Wildman–Crippen LogP) is 5.08. The number of benzene rings is 2. The molecule has 1 heterocycles. The van der Waals surface area contributed by atoms with Gasteiger partial charge in [0.05, 0.1) is 12.2 Å². The van der Waals surface area contributed by atoms with E-state index in [4.69, 9.17) is 14.9 Å². The van der Waals surface area contributed by atoms with Crippen molar-refractivity contribution in [3.05, 3.63) is 54.6 Å². The molecule has 4 nitrogen and oxygen atoms in total. The van der Waals surface area contributed by atoms with Crippen LogP contribution in [0.4, 0.5) is 5.88 Å². The summed E-state index contributed by atoms with van der Waals surface area (Å²) in [5.41, 5.74) is 8.06. The molecule has 24 heavy (non-hydrogen) atoms. The van der Waals surface area contributed by atoms with Gasteiger partial charge in [-0.1, -0.05) is 55.8 Å². The molecule has 124 valence electrons. The lowest BCUT2D eigenvalue weighted by molar-refractivity contribution is 0.309. The molecule has 1 aromatic heterocycles. The van der Waals surface area contributed by atoms with Gasteiger partial charge >= 0.3 is 0 Å². The number of anilines is 1. The van der Waals surface area contributed by atoms with E-state index in [9.17, 15) is 5.11 Å². The van der Waals surface area contributed by atoms with Crippen molar-refractivity contribution in [2.24, 2.45) is 0 Å². The standard InChI is InChI=1S/C20H21NO3/c1-2-3-12-23-16-11-7-10-15(13-16)17-18(22)19(24-20(17)21)14-8-5-4-6-9-14/h4-11,13,22H,2-3,12,21H2,1H3. The molecule has 0 radical (unpaired) electrons. The SMILES string of the molecule is CCCCOc1cccc(-c2c(N)oc(-c3ccccc3)c2O)c1. The number of unbranched alkanes of at least 4 members (excludes halogenated alkanes) is 1. The Morgan fingerprint density at radius 1 is 1.04 bits per heavy atom. The second-order valence-corrected chi connectivity index (χ2v) is 5.61. The molecule has 2 aromatic carbocycles. The summed E-state index contributed by atoms with van der Waals surface area (Å²) in [4.78, 5) is 0. The monoisotopic (exact) mass is 323 g/mol.